The van der Waals surface area contributed by atoms with Crippen molar-refractivity contribution >= 4 is 39.7 Å². The van der Waals surface area contributed by atoms with Crippen molar-refractivity contribution in [3.05, 3.63) is 77.9 Å². The van der Waals surface area contributed by atoms with Gasteiger partial charge in [-0.05, 0) is 44.0 Å². The van der Waals surface area contributed by atoms with Gasteiger partial charge < -0.3 is 29.2 Å². The highest BCUT2D eigenvalue weighted by molar-refractivity contribution is 5.94. The molecular formula is C36H34F3N11O3. The third-order valence-corrected chi connectivity index (χ3v) is 10.0. The zero-order valence-electron chi connectivity index (χ0n) is 28.8. The van der Waals surface area contributed by atoms with Gasteiger partial charge in [0.05, 0.1) is 41.0 Å². The molecule has 14 nitrogen and oxygen atoms in total. The number of methoxy groups -OCH3 is 1. The van der Waals surface area contributed by atoms with E-state index in [9.17, 15) is 9.18 Å². The fourth-order valence-electron chi connectivity index (χ4n) is 7.74. The molecule has 6 aromatic rings. The molecule has 2 aromatic carbocycles. The summed E-state index contributed by atoms with van der Waals surface area (Å²) in [5.74, 6) is -0.388. The summed E-state index contributed by atoms with van der Waals surface area (Å²) in [5, 5.41) is 8.33. The summed E-state index contributed by atoms with van der Waals surface area (Å²) in [4.78, 5) is 42.1. The van der Waals surface area contributed by atoms with Crippen molar-refractivity contribution in [1.29, 1.82) is 0 Å². The third kappa shape index (κ3) is 5.89. The van der Waals surface area contributed by atoms with Crippen molar-refractivity contribution < 1.29 is 27.4 Å². The Hall–Kier alpha value is -5.68. The lowest BCUT2D eigenvalue weighted by atomic mass is 10.1. The van der Waals surface area contributed by atoms with Crippen LogP contribution in [0.2, 0.25) is 0 Å². The van der Waals surface area contributed by atoms with Crippen LogP contribution in [-0.2, 0) is 27.4 Å². The van der Waals surface area contributed by atoms with Crippen LogP contribution < -0.4 is 10.2 Å². The van der Waals surface area contributed by atoms with Crippen molar-refractivity contribution in [3.63, 3.8) is 0 Å². The van der Waals surface area contributed by atoms with Gasteiger partial charge in [-0.2, -0.15) is 5.10 Å². The zero-order valence-corrected chi connectivity index (χ0v) is 28.8. The van der Waals surface area contributed by atoms with E-state index in [1.165, 1.54) is 36.2 Å². The summed E-state index contributed by atoms with van der Waals surface area (Å²) in [6.07, 6.45) is 3.76. The van der Waals surface area contributed by atoms with Crippen LogP contribution in [0.15, 0.2) is 48.8 Å². The van der Waals surface area contributed by atoms with Gasteiger partial charge in [0.1, 0.15) is 41.6 Å². The monoisotopic (exact) mass is 725 g/mol. The SMILES string of the molecule is COCc1nc(N2CC3C[C@H]2C(=O)N2CCCO[C@@H](C2)Cn2c(C)nc4cc(F)cc(c42)-c2ccnc(n2)N3)c2cnn(-c3ccc(F)cc3F)c2n1. The highest BCUT2D eigenvalue weighted by Gasteiger charge is 2.42. The van der Waals surface area contributed by atoms with Gasteiger partial charge in [0.2, 0.25) is 11.9 Å². The molecule has 3 atom stereocenters. The standard InChI is InChI=1S/C36H34F3N11O3/c1-19-42-28-12-21(38)10-24-27-6-7-40-36(44-27)43-22-13-30(35(51)47-8-3-9-53-23(16-47)17-48(19)32(24)28)49(15-22)33-25-14-41-50(29-5-4-20(37)11-26(29)39)34(25)46-31(45-33)18-52-2/h4-7,10-12,14,22-23,30H,3,8-9,13,15-18H2,1-2H3,(H,40,43,44)/t22?,23-,30-/m0/s1. The van der Waals surface area contributed by atoms with E-state index in [2.05, 4.69) is 25.4 Å². The molecule has 4 aromatic heterocycles. The molecule has 3 aliphatic heterocycles. The zero-order chi connectivity index (χ0) is 36.4. The molecule has 53 heavy (non-hydrogen) atoms. The van der Waals surface area contributed by atoms with E-state index in [0.29, 0.717) is 85.4 Å². The number of rotatable bonds is 4. The Labute approximate surface area is 300 Å². The molecule has 9 rings (SSSR count). The van der Waals surface area contributed by atoms with Gasteiger partial charge in [0, 0.05) is 63.3 Å². The fourth-order valence-corrected chi connectivity index (χ4v) is 7.74. The molecular weight excluding hydrogens is 691 g/mol. The number of carbonyl (C=O) groups is 1. The number of nitrogens with zero attached hydrogens (tertiary/aromatic N) is 10. The number of hydrogen-bond acceptors (Lipinski definition) is 11. The predicted octanol–water partition coefficient (Wildman–Crippen LogP) is 4.18. The topological polar surface area (TPSA) is 141 Å². The van der Waals surface area contributed by atoms with E-state index < -0.39 is 23.5 Å². The molecule has 6 bridgehead atoms. The number of ether oxygens (including phenoxy) is 2. The highest BCUT2D eigenvalue weighted by Crippen LogP contribution is 2.35. The Balaban J connectivity index is 1.18. The first-order chi connectivity index (χ1) is 25.7. The molecule has 2 saturated heterocycles. The van der Waals surface area contributed by atoms with Crippen LogP contribution in [0, 0.1) is 24.4 Å². The highest BCUT2D eigenvalue weighted by atomic mass is 19.1. The number of fused-ring (bicyclic) bond motifs is 8. The van der Waals surface area contributed by atoms with E-state index in [-0.39, 0.29) is 41.8 Å². The van der Waals surface area contributed by atoms with Crippen molar-refractivity contribution in [2.24, 2.45) is 0 Å². The van der Waals surface area contributed by atoms with Crippen molar-refractivity contribution in [2.75, 3.05) is 43.6 Å². The average Bonchev–Trinajstić information content (AvgIpc) is 3.77. The number of carbonyl (C=O) groups excluding carboxylic acids is 1. The van der Waals surface area contributed by atoms with Crippen LogP contribution in [0.5, 0.6) is 0 Å². The van der Waals surface area contributed by atoms with Gasteiger partial charge in [-0.15, -0.1) is 0 Å². The van der Waals surface area contributed by atoms with Crippen LogP contribution in [0.1, 0.15) is 24.5 Å². The smallest absolute Gasteiger partial charge is 0.245 e. The number of nitrogens with one attached hydrogen (secondary N) is 1. The van der Waals surface area contributed by atoms with Crippen LogP contribution in [0.25, 0.3) is 39.0 Å². The first kappa shape index (κ1) is 33.2. The molecule has 17 heteroatoms. The fraction of sp³-hybridized carbons (Fsp3) is 0.361. The van der Waals surface area contributed by atoms with E-state index in [1.807, 2.05) is 21.3 Å². The Morgan fingerprint density at radius 2 is 1.91 bits per heavy atom. The number of aromatic nitrogens is 8. The second kappa shape index (κ2) is 13.1. The van der Waals surface area contributed by atoms with Gasteiger partial charge >= 0.3 is 0 Å². The van der Waals surface area contributed by atoms with Crippen LogP contribution in [0.4, 0.5) is 24.9 Å². The Morgan fingerprint density at radius 1 is 1.02 bits per heavy atom. The summed E-state index contributed by atoms with van der Waals surface area (Å²) in [6, 6.07) is 6.81. The van der Waals surface area contributed by atoms with E-state index >= 15 is 8.78 Å². The van der Waals surface area contributed by atoms with E-state index in [4.69, 9.17) is 19.4 Å². The number of anilines is 2. The summed E-state index contributed by atoms with van der Waals surface area (Å²) in [6.45, 7) is 3.85. The van der Waals surface area contributed by atoms with Crippen LogP contribution in [0.3, 0.4) is 0 Å². The summed E-state index contributed by atoms with van der Waals surface area (Å²) >= 11 is 0. The van der Waals surface area contributed by atoms with Gasteiger partial charge in [0.25, 0.3) is 0 Å². The maximum atomic E-state index is 15.1. The van der Waals surface area contributed by atoms with Crippen molar-refractivity contribution in [3.8, 4) is 16.9 Å². The minimum atomic E-state index is -0.813. The molecule has 3 aliphatic rings. The first-order valence-electron chi connectivity index (χ1n) is 17.4. The number of imidazole rings is 1. The predicted molar refractivity (Wildman–Crippen MR) is 187 cm³/mol. The Kier molecular flexibility index (Phi) is 8.18. The maximum Gasteiger partial charge on any atom is 0.245 e. The minimum Gasteiger partial charge on any atom is -0.377 e. The molecule has 7 heterocycles. The van der Waals surface area contributed by atoms with Crippen LogP contribution >= 0.6 is 0 Å². The van der Waals surface area contributed by atoms with Crippen molar-refractivity contribution in [1.82, 2.24) is 44.2 Å². The summed E-state index contributed by atoms with van der Waals surface area (Å²) < 4.78 is 59.0. The molecule has 272 valence electrons. The minimum absolute atomic E-state index is 0.00365. The number of benzene rings is 2. The third-order valence-electron chi connectivity index (χ3n) is 10.0. The molecule has 1 unspecified atom stereocenters. The maximum absolute atomic E-state index is 15.1. The van der Waals surface area contributed by atoms with Crippen LogP contribution in [-0.4, -0.2) is 102 Å². The van der Waals surface area contributed by atoms with Gasteiger partial charge in [-0.3, -0.25) is 4.79 Å². The second-order valence-corrected chi connectivity index (χ2v) is 13.5. The largest absolute Gasteiger partial charge is 0.377 e. The number of hydrogen-bond donors (Lipinski definition) is 1. The van der Waals surface area contributed by atoms with Gasteiger partial charge in [-0.1, -0.05) is 0 Å². The molecule has 1 N–H and O–H groups in total. The summed E-state index contributed by atoms with van der Waals surface area (Å²) in [7, 11) is 1.51. The van der Waals surface area contributed by atoms with Crippen molar-refractivity contribution in [2.45, 2.75) is 51.1 Å². The van der Waals surface area contributed by atoms with Gasteiger partial charge in [0.15, 0.2) is 17.3 Å². The average molecular weight is 726 g/mol. The summed E-state index contributed by atoms with van der Waals surface area (Å²) in [5.41, 5.74) is 2.57. The molecule has 0 aliphatic carbocycles. The lowest BCUT2D eigenvalue weighted by molar-refractivity contribution is -0.133. The van der Waals surface area contributed by atoms with Gasteiger partial charge in [-0.25, -0.2) is 42.8 Å². The lowest BCUT2D eigenvalue weighted by Gasteiger charge is -2.31. The Bertz CT molecular complexity index is 2400. The number of halogens is 3. The number of aryl methyl sites for hydroxylation is 1. The quantitative estimate of drug-likeness (QED) is 0.280. The van der Waals surface area contributed by atoms with E-state index in [0.717, 1.165) is 17.6 Å². The van der Waals surface area contributed by atoms with E-state index in [1.54, 1.807) is 12.3 Å². The molecule has 1 amide bonds. The molecule has 0 spiro atoms. The first-order valence-corrected chi connectivity index (χ1v) is 17.4. The molecule has 2 fully saturated rings. The normalized spacial score (nSPS) is 20.4. The molecule has 0 saturated carbocycles. The number of amides is 1. The Morgan fingerprint density at radius 3 is 2.75 bits per heavy atom. The second-order valence-electron chi connectivity index (χ2n) is 13.5. The molecule has 0 radical (unpaired) electrons. The lowest BCUT2D eigenvalue weighted by Crippen LogP contribution is -2.48.